The van der Waals surface area contributed by atoms with Crippen LogP contribution in [-0.4, -0.2) is 45.1 Å². The van der Waals surface area contributed by atoms with E-state index in [0.717, 1.165) is 36.5 Å². The van der Waals surface area contributed by atoms with Gasteiger partial charge in [-0.15, -0.1) is 0 Å². The van der Waals surface area contributed by atoms with E-state index >= 15 is 0 Å². The van der Waals surface area contributed by atoms with E-state index in [1.807, 2.05) is 30.3 Å². The summed E-state index contributed by atoms with van der Waals surface area (Å²) in [4.78, 5) is 30.3. The van der Waals surface area contributed by atoms with Crippen LogP contribution in [0.1, 0.15) is 36.1 Å². The molecule has 6 heteroatoms. The van der Waals surface area contributed by atoms with Crippen LogP contribution in [0, 0.1) is 12.0 Å². The second-order valence-corrected chi connectivity index (χ2v) is 7.94. The van der Waals surface area contributed by atoms with Crippen LogP contribution in [0.15, 0.2) is 39.9 Å². The minimum Gasteiger partial charge on any atom is -0.333 e. The maximum absolute atomic E-state index is 13.1. The smallest absolute Gasteiger partial charge is 0.331 e. The Kier molecular flexibility index (Phi) is 5.86. The summed E-state index contributed by atoms with van der Waals surface area (Å²) in [5, 5.41) is 0. The van der Waals surface area contributed by atoms with E-state index in [9.17, 15) is 9.59 Å². The molecule has 0 amide bonds. The molecule has 0 radical (unpaired) electrons. The molecule has 1 saturated heterocycles. The van der Waals surface area contributed by atoms with Crippen molar-refractivity contribution in [2.24, 2.45) is 7.05 Å². The number of nitrogens with zero attached hydrogens (tertiary/aromatic N) is 4. The van der Waals surface area contributed by atoms with E-state index in [-0.39, 0.29) is 11.2 Å². The number of likely N-dealkylation sites (tertiary alicyclic amines) is 1. The van der Waals surface area contributed by atoms with Crippen LogP contribution in [0.3, 0.4) is 0 Å². The fourth-order valence-corrected chi connectivity index (χ4v) is 4.22. The highest BCUT2D eigenvalue weighted by Crippen LogP contribution is 2.14. The van der Waals surface area contributed by atoms with Gasteiger partial charge in [0, 0.05) is 51.4 Å². The number of hydrogen-bond acceptors (Lipinski definition) is 4. The van der Waals surface area contributed by atoms with Crippen molar-refractivity contribution >= 4 is 0 Å². The lowest BCUT2D eigenvalue weighted by Gasteiger charge is -2.28. The first kappa shape index (κ1) is 19.5. The van der Waals surface area contributed by atoms with Crippen LogP contribution in [-0.2, 0) is 26.6 Å². The van der Waals surface area contributed by atoms with E-state index in [1.165, 1.54) is 23.8 Å². The van der Waals surface area contributed by atoms with Gasteiger partial charge in [0.05, 0.1) is 18.7 Å². The fourth-order valence-electron chi connectivity index (χ4n) is 4.22. The van der Waals surface area contributed by atoms with Crippen molar-refractivity contribution in [2.75, 3.05) is 26.2 Å². The largest absolute Gasteiger partial charge is 0.333 e. The highest BCUT2D eigenvalue weighted by atomic mass is 16.2. The molecule has 2 aliphatic heterocycles. The van der Waals surface area contributed by atoms with Crippen molar-refractivity contribution < 1.29 is 0 Å². The predicted octanol–water partition coefficient (Wildman–Crippen LogP) is 1.40. The summed E-state index contributed by atoms with van der Waals surface area (Å²) in [6.07, 6.45) is 4.45. The molecule has 0 spiro atoms. The van der Waals surface area contributed by atoms with Gasteiger partial charge in [-0.05, 0) is 24.8 Å². The summed E-state index contributed by atoms with van der Waals surface area (Å²) in [6.45, 7) is 4.43. The van der Waals surface area contributed by atoms with Crippen molar-refractivity contribution in [1.29, 1.82) is 0 Å². The van der Waals surface area contributed by atoms with Crippen LogP contribution in [0.25, 0.3) is 0 Å². The Hall–Kier alpha value is -2.78. The first-order valence-corrected chi connectivity index (χ1v) is 10.4. The molecule has 1 aromatic carbocycles. The number of piperidine rings is 1. The van der Waals surface area contributed by atoms with E-state index < -0.39 is 0 Å². The van der Waals surface area contributed by atoms with Gasteiger partial charge in [-0.2, -0.15) is 0 Å². The number of hydrogen-bond donors (Lipinski definition) is 0. The van der Waals surface area contributed by atoms with Gasteiger partial charge >= 0.3 is 5.69 Å². The lowest BCUT2D eigenvalue weighted by molar-refractivity contribution is 0.274. The molecule has 4 rings (SSSR count). The van der Waals surface area contributed by atoms with Crippen molar-refractivity contribution in [3.05, 3.63) is 68.0 Å². The summed E-state index contributed by atoms with van der Waals surface area (Å²) in [6, 6.07) is 12.9. The Morgan fingerprint density at radius 2 is 1.76 bits per heavy atom. The zero-order chi connectivity index (χ0) is 20.2. The Labute approximate surface area is 171 Å². The monoisotopic (exact) mass is 392 g/mol. The van der Waals surface area contributed by atoms with Crippen LogP contribution >= 0.6 is 0 Å². The van der Waals surface area contributed by atoms with Gasteiger partial charge in [0.2, 0.25) is 0 Å². The fraction of sp³-hybridized carbons (Fsp3) is 0.478. The molecule has 152 valence electrons. The third-order valence-corrected chi connectivity index (χ3v) is 5.90. The van der Waals surface area contributed by atoms with E-state index in [2.05, 4.69) is 21.8 Å². The summed E-state index contributed by atoms with van der Waals surface area (Å²) in [5.74, 6) is 3.28. The zero-order valence-electron chi connectivity index (χ0n) is 17.1. The average molecular weight is 393 g/mol. The van der Waals surface area contributed by atoms with Crippen molar-refractivity contribution in [2.45, 2.75) is 38.8 Å². The molecule has 3 heterocycles. The molecule has 2 aliphatic rings. The number of benzene rings is 1. The molecular weight excluding hydrogens is 364 g/mol. The molecule has 0 bridgehead atoms. The molecule has 0 saturated carbocycles. The molecule has 29 heavy (non-hydrogen) atoms. The third kappa shape index (κ3) is 4.30. The van der Waals surface area contributed by atoms with Gasteiger partial charge in [0.15, 0.2) is 0 Å². The summed E-state index contributed by atoms with van der Waals surface area (Å²) < 4.78 is 3.01. The van der Waals surface area contributed by atoms with Gasteiger partial charge in [0.1, 0.15) is 0 Å². The Morgan fingerprint density at radius 3 is 2.52 bits per heavy atom. The molecule has 2 aromatic rings. The van der Waals surface area contributed by atoms with Crippen LogP contribution in [0.5, 0.6) is 0 Å². The van der Waals surface area contributed by atoms with Gasteiger partial charge in [-0.25, -0.2) is 4.79 Å². The summed E-state index contributed by atoms with van der Waals surface area (Å²) in [7, 11) is 1.77. The quantitative estimate of drug-likeness (QED) is 0.741. The molecule has 1 fully saturated rings. The molecule has 0 aliphatic carbocycles. The first-order valence-electron chi connectivity index (χ1n) is 10.4. The van der Waals surface area contributed by atoms with Crippen LogP contribution in [0.4, 0.5) is 0 Å². The van der Waals surface area contributed by atoms with Crippen molar-refractivity contribution in [1.82, 2.24) is 18.9 Å². The van der Waals surface area contributed by atoms with Gasteiger partial charge in [-0.1, -0.05) is 36.3 Å². The third-order valence-electron chi connectivity index (χ3n) is 5.90. The molecule has 6 nitrogen and oxygen atoms in total. The maximum atomic E-state index is 13.1. The summed E-state index contributed by atoms with van der Waals surface area (Å²) in [5.41, 5.74) is 2.14. The number of rotatable bonds is 3. The number of aromatic nitrogens is 2. The minimum atomic E-state index is -0.240. The SMILES string of the molecule is Cn1c2c(c(=O)n(Cc3ccccc3)c1=O)CN(CC#CN1CCCCC1)CC2. The Balaban J connectivity index is 1.54. The highest BCUT2D eigenvalue weighted by molar-refractivity contribution is 5.23. The Bertz CT molecular complexity index is 1040. The van der Waals surface area contributed by atoms with Crippen LogP contribution < -0.4 is 11.2 Å². The van der Waals surface area contributed by atoms with Gasteiger partial charge < -0.3 is 9.47 Å². The topological polar surface area (TPSA) is 50.5 Å². The average Bonchev–Trinajstić information content (AvgIpc) is 2.76. The second-order valence-electron chi connectivity index (χ2n) is 7.94. The van der Waals surface area contributed by atoms with Gasteiger partial charge in [-0.3, -0.25) is 14.3 Å². The lowest BCUT2D eigenvalue weighted by Crippen LogP contribution is -2.47. The normalized spacial score (nSPS) is 16.8. The van der Waals surface area contributed by atoms with Crippen LogP contribution in [0.2, 0.25) is 0 Å². The van der Waals surface area contributed by atoms with E-state index in [4.69, 9.17) is 0 Å². The highest BCUT2D eigenvalue weighted by Gasteiger charge is 2.23. The minimum absolute atomic E-state index is 0.166. The molecule has 0 N–H and O–H groups in total. The van der Waals surface area contributed by atoms with E-state index in [1.54, 1.807) is 11.6 Å². The standard InChI is InChI=1S/C23H28N4O2/c1-24-21-11-16-26(15-8-14-25-12-6-3-7-13-25)18-20(21)22(28)27(23(24)29)17-19-9-4-2-5-10-19/h2,4-5,9-10H,3,6-7,11-13,15-18H2,1H3. The lowest BCUT2D eigenvalue weighted by atomic mass is 10.1. The first-order chi connectivity index (χ1) is 14.1. The number of fused-ring (bicyclic) bond motifs is 1. The molecular formula is C23H28N4O2. The maximum Gasteiger partial charge on any atom is 0.331 e. The Morgan fingerprint density at radius 1 is 1.00 bits per heavy atom. The van der Waals surface area contributed by atoms with Crippen molar-refractivity contribution in [3.8, 4) is 12.0 Å². The van der Waals surface area contributed by atoms with Gasteiger partial charge in [0.25, 0.3) is 5.56 Å². The zero-order valence-corrected chi connectivity index (χ0v) is 17.1. The summed E-state index contributed by atoms with van der Waals surface area (Å²) >= 11 is 0. The molecule has 1 aromatic heterocycles. The predicted molar refractivity (Wildman–Crippen MR) is 114 cm³/mol. The second kappa shape index (κ2) is 8.71. The van der Waals surface area contributed by atoms with E-state index in [0.29, 0.717) is 26.1 Å². The molecule has 0 atom stereocenters. The molecule has 0 unspecified atom stereocenters. The van der Waals surface area contributed by atoms with Crippen molar-refractivity contribution in [3.63, 3.8) is 0 Å².